The topological polar surface area (TPSA) is 55.3 Å². The second-order valence-corrected chi connectivity index (χ2v) is 5.26. The van der Waals surface area contributed by atoms with E-state index >= 15 is 0 Å². The van der Waals surface area contributed by atoms with Gasteiger partial charge in [-0.2, -0.15) is 0 Å². The number of oxazole rings is 1. The highest BCUT2D eigenvalue weighted by atomic mass is 19.1. The molecule has 0 spiro atoms. The predicted molar refractivity (Wildman–Crippen MR) is 74.4 cm³/mol. The van der Waals surface area contributed by atoms with Crippen molar-refractivity contribution >= 4 is 0 Å². The van der Waals surface area contributed by atoms with Crippen molar-refractivity contribution in [2.45, 2.75) is 25.4 Å². The zero-order valence-corrected chi connectivity index (χ0v) is 11.3. The van der Waals surface area contributed by atoms with E-state index in [0.29, 0.717) is 11.9 Å². The van der Waals surface area contributed by atoms with Gasteiger partial charge in [-0.3, -0.25) is 4.90 Å². The summed E-state index contributed by atoms with van der Waals surface area (Å²) in [4.78, 5) is 6.79. The SMILES string of the molecule is NC1CCN(Cc2coc(-c3ccc(F)cc3)n2)CC1. The Bertz CT molecular complexity index is 559. The molecule has 1 aliphatic heterocycles. The van der Waals surface area contributed by atoms with Crippen molar-refractivity contribution in [2.24, 2.45) is 5.73 Å². The lowest BCUT2D eigenvalue weighted by Gasteiger charge is -2.29. The maximum atomic E-state index is 12.9. The second-order valence-electron chi connectivity index (χ2n) is 5.26. The fraction of sp³-hybridized carbons (Fsp3) is 0.400. The average Bonchev–Trinajstić information content (AvgIpc) is 2.91. The van der Waals surface area contributed by atoms with E-state index in [0.717, 1.165) is 43.7 Å². The molecule has 1 aromatic heterocycles. The molecule has 0 radical (unpaired) electrons. The largest absolute Gasteiger partial charge is 0.444 e. The van der Waals surface area contributed by atoms with Gasteiger partial charge in [0.2, 0.25) is 5.89 Å². The summed E-state index contributed by atoms with van der Waals surface area (Å²) in [6.45, 7) is 2.78. The van der Waals surface area contributed by atoms with Crippen molar-refractivity contribution in [3.05, 3.63) is 42.0 Å². The summed E-state index contributed by atoms with van der Waals surface area (Å²) in [6.07, 6.45) is 3.73. The molecule has 20 heavy (non-hydrogen) atoms. The number of nitrogens with two attached hydrogens (primary N) is 1. The van der Waals surface area contributed by atoms with Crippen LogP contribution in [0.1, 0.15) is 18.5 Å². The van der Waals surface area contributed by atoms with E-state index in [9.17, 15) is 4.39 Å². The van der Waals surface area contributed by atoms with Crippen molar-refractivity contribution in [1.29, 1.82) is 0 Å². The summed E-state index contributed by atoms with van der Waals surface area (Å²) in [5.74, 6) is 0.277. The molecule has 1 aliphatic rings. The van der Waals surface area contributed by atoms with E-state index in [1.807, 2.05) is 0 Å². The van der Waals surface area contributed by atoms with Gasteiger partial charge in [0.15, 0.2) is 0 Å². The number of hydrogen-bond acceptors (Lipinski definition) is 4. The Kier molecular flexibility index (Phi) is 3.80. The molecule has 1 saturated heterocycles. The van der Waals surface area contributed by atoms with Crippen LogP contribution in [0.2, 0.25) is 0 Å². The Morgan fingerprint density at radius 2 is 1.95 bits per heavy atom. The molecule has 0 unspecified atom stereocenters. The number of halogens is 1. The number of piperidine rings is 1. The standard InChI is InChI=1S/C15H18FN3O/c16-12-3-1-11(2-4-12)15-18-14(10-20-15)9-19-7-5-13(17)6-8-19/h1-4,10,13H,5-9,17H2. The first-order valence-corrected chi connectivity index (χ1v) is 6.89. The molecule has 2 N–H and O–H groups in total. The Labute approximate surface area is 117 Å². The lowest BCUT2D eigenvalue weighted by atomic mass is 10.1. The highest BCUT2D eigenvalue weighted by molar-refractivity contribution is 5.52. The van der Waals surface area contributed by atoms with Gasteiger partial charge in [0.05, 0.1) is 5.69 Å². The third-order valence-corrected chi connectivity index (χ3v) is 3.66. The number of nitrogens with zero attached hydrogens (tertiary/aromatic N) is 2. The molecule has 0 aliphatic carbocycles. The maximum absolute atomic E-state index is 12.9. The molecule has 1 fully saturated rings. The van der Waals surface area contributed by atoms with Gasteiger partial charge in [-0.05, 0) is 37.1 Å². The van der Waals surface area contributed by atoms with E-state index in [1.165, 1.54) is 12.1 Å². The highest BCUT2D eigenvalue weighted by Crippen LogP contribution is 2.20. The Morgan fingerprint density at radius 3 is 2.65 bits per heavy atom. The molecular formula is C15H18FN3O. The van der Waals surface area contributed by atoms with Crippen molar-refractivity contribution in [3.63, 3.8) is 0 Å². The third kappa shape index (κ3) is 3.05. The first kappa shape index (κ1) is 13.3. The van der Waals surface area contributed by atoms with Gasteiger partial charge in [-0.1, -0.05) is 0 Å². The third-order valence-electron chi connectivity index (χ3n) is 3.66. The molecule has 4 nitrogen and oxygen atoms in total. The van der Waals surface area contributed by atoms with Gasteiger partial charge in [0.25, 0.3) is 0 Å². The van der Waals surface area contributed by atoms with E-state index in [-0.39, 0.29) is 5.82 Å². The first-order chi connectivity index (χ1) is 9.70. The molecule has 106 valence electrons. The minimum Gasteiger partial charge on any atom is -0.444 e. The Hall–Kier alpha value is -1.72. The zero-order valence-electron chi connectivity index (χ0n) is 11.3. The average molecular weight is 275 g/mol. The summed E-state index contributed by atoms with van der Waals surface area (Å²) < 4.78 is 18.3. The van der Waals surface area contributed by atoms with Gasteiger partial charge < -0.3 is 10.2 Å². The zero-order chi connectivity index (χ0) is 13.9. The maximum Gasteiger partial charge on any atom is 0.226 e. The second kappa shape index (κ2) is 5.73. The molecule has 2 aromatic rings. The Morgan fingerprint density at radius 1 is 1.25 bits per heavy atom. The van der Waals surface area contributed by atoms with Crippen LogP contribution in [0.3, 0.4) is 0 Å². The van der Waals surface area contributed by atoms with Crippen LogP contribution in [0.4, 0.5) is 4.39 Å². The summed E-state index contributed by atoms with van der Waals surface area (Å²) in [7, 11) is 0. The molecule has 2 heterocycles. The quantitative estimate of drug-likeness (QED) is 0.934. The molecule has 3 rings (SSSR count). The van der Waals surface area contributed by atoms with Crippen molar-refractivity contribution in [3.8, 4) is 11.5 Å². The van der Waals surface area contributed by atoms with Crippen LogP contribution in [-0.4, -0.2) is 29.0 Å². The summed E-state index contributed by atoms with van der Waals surface area (Å²) in [5, 5.41) is 0. The van der Waals surface area contributed by atoms with Gasteiger partial charge in [0, 0.05) is 31.2 Å². The molecule has 1 aromatic carbocycles. The number of aromatic nitrogens is 1. The van der Waals surface area contributed by atoms with Crippen molar-refractivity contribution in [2.75, 3.05) is 13.1 Å². The number of benzene rings is 1. The lowest BCUT2D eigenvalue weighted by Crippen LogP contribution is -2.39. The van der Waals surface area contributed by atoms with Gasteiger partial charge in [-0.25, -0.2) is 9.37 Å². The van der Waals surface area contributed by atoms with Crippen LogP contribution >= 0.6 is 0 Å². The van der Waals surface area contributed by atoms with E-state index in [1.54, 1.807) is 18.4 Å². The molecule has 0 atom stereocenters. The van der Waals surface area contributed by atoms with Crippen LogP contribution < -0.4 is 5.73 Å². The molecule has 0 saturated carbocycles. The molecule has 5 heteroatoms. The minimum absolute atomic E-state index is 0.259. The summed E-state index contributed by atoms with van der Waals surface area (Å²) in [6, 6.07) is 6.49. The van der Waals surface area contributed by atoms with Crippen molar-refractivity contribution < 1.29 is 8.81 Å². The van der Waals surface area contributed by atoms with Crippen LogP contribution in [0, 0.1) is 5.82 Å². The minimum atomic E-state index is -0.259. The molecular weight excluding hydrogens is 257 g/mol. The van der Waals surface area contributed by atoms with Crippen LogP contribution in [0.5, 0.6) is 0 Å². The van der Waals surface area contributed by atoms with Gasteiger partial charge in [-0.15, -0.1) is 0 Å². The summed E-state index contributed by atoms with van der Waals surface area (Å²) in [5.41, 5.74) is 7.58. The molecule has 0 amide bonds. The predicted octanol–water partition coefficient (Wildman–Crippen LogP) is 2.40. The fourth-order valence-electron chi connectivity index (χ4n) is 2.44. The van der Waals surface area contributed by atoms with Crippen LogP contribution in [0.15, 0.2) is 34.9 Å². The van der Waals surface area contributed by atoms with Gasteiger partial charge in [0.1, 0.15) is 12.1 Å². The van der Waals surface area contributed by atoms with E-state index in [4.69, 9.17) is 10.2 Å². The number of rotatable bonds is 3. The fourth-order valence-corrected chi connectivity index (χ4v) is 2.44. The lowest BCUT2D eigenvalue weighted by molar-refractivity contribution is 0.203. The van der Waals surface area contributed by atoms with Crippen LogP contribution in [0.25, 0.3) is 11.5 Å². The smallest absolute Gasteiger partial charge is 0.226 e. The summed E-state index contributed by atoms with van der Waals surface area (Å²) >= 11 is 0. The normalized spacial score (nSPS) is 17.5. The van der Waals surface area contributed by atoms with Crippen LogP contribution in [-0.2, 0) is 6.54 Å². The number of likely N-dealkylation sites (tertiary alicyclic amines) is 1. The van der Waals surface area contributed by atoms with E-state index in [2.05, 4.69) is 9.88 Å². The number of hydrogen-bond donors (Lipinski definition) is 1. The monoisotopic (exact) mass is 275 g/mol. The van der Waals surface area contributed by atoms with E-state index < -0.39 is 0 Å². The van der Waals surface area contributed by atoms with Gasteiger partial charge >= 0.3 is 0 Å². The highest BCUT2D eigenvalue weighted by Gasteiger charge is 2.17. The molecule has 0 bridgehead atoms. The Balaban J connectivity index is 1.66. The van der Waals surface area contributed by atoms with Crippen molar-refractivity contribution in [1.82, 2.24) is 9.88 Å². The first-order valence-electron chi connectivity index (χ1n) is 6.89.